The van der Waals surface area contributed by atoms with Gasteiger partial charge in [0.2, 0.25) is 0 Å². The van der Waals surface area contributed by atoms with E-state index in [1.54, 1.807) is 0 Å². The molecule has 3 rings (SSSR count). The lowest BCUT2D eigenvalue weighted by atomic mass is 9.92. The summed E-state index contributed by atoms with van der Waals surface area (Å²) in [5, 5.41) is 4.25. The molecule has 0 radical (unpaired) electrons. The summed E-state index contributed by atoms with van der Waals surface area (Å²) in [7, 11) is 0. The van der Waals surface area contributed by atoms with Crippen LogP contribution in [0.2, 0.25) is 5.02 Å². The van der Waals surface area contributed by atoms with Crippen LogP contribution in [0, 0.1) is 5.41 Å². The molecule has 1 fully saturated rings. The Labute approximate surface area is 119 Å². The first-order valence-electron chi connectivity index (χ1n) is 6.89. The van der Waals surface area contributed by atoms with E-state index in [4.69, 9.17) is 21.1 Å². The molecule has 1 aromatic carbocycles. The fourth-order valence-corrected chi connectivity index (χ4v) is 3.16. The van der Waals surface area contributed by atoms with Crippen molar-refractivity contribution >= 4 is 17.3 Å². The molecule has 0 saturated heterocycles. The van der Waals surface area contributed by atoms with Gasteiger partial charge in [-0.2, -0.15) is 0 Å². The van der Waals surface area contributed by atoms with Crippen molar-refractivity contribution in [2.24, 2.45) is 5.41 Å². The van der Waals surface area contributed by atoms with Gasteiger partial charge in [0.15, 0.2) is 11.5 Å². The Kier molecular flexibility index (Phi) is 3.25. The highest BCUT2D eigenvalue weighted by Gasteiger charge is 2.31. The summed E-state index contributed by atoms with van der Waals surface area (Å²) in [5.41, 5.74) is 1.38. The van der Waals surface area contributed by atoms with Gasteiger partial charge in [-0.25, -0.2) is 0 Å². The third-order valence-corrected chi connectivity index (χ3v) is 4.27. The average molecular weight is 282 g/mol. The molecule has 0 spiro atoms. The first-order valence-corrected chi connectivity index (χ1v) is 7.27. The van der Waals surface area contributed by atoms with Crippen LogP contribution in [0.15, 0.2) is 12.1 Å². The summed E-state index contributed by atoms with van der Waals surface area (Å²) in [5.74, 6) is 1.53. The second-order valence-electron chi connectivity index (χ2n) is 6.22. The molecule has 1 saturated carbocycles. The van der Waals surface area contributed by atoms with Crippen molar-refractivity contribution in [2.75, 3.05) is 18.5 Å². The zero-order valence-electron chi connectivity index (χ0n) is 11.5. The maximum atomic E-state index is 6.31. The molecule has 1 aliphatic carbocycles. The third kappa shape index (κ3) is 2.76. The fourth-order valence-electron chi connectivity index (χ4n) is 2.95. The van der Waals surface area contributed by atoms with Crippen LogP contribution in [0.5, 0.6) is 11.5 Å². The summed E-state index contributed by atoms with van der Waals surface area (Å²) < 4.78 is 11.1. The molecule has 0 bridgehead atoms. The summed E-state index contributed by atoms with van der Waals surface area (Å²) >= 11 is 6.31. The Morgan fingerprint density at radius 2 is 1.89 bits per heavy atom. The number of halogens is 1. The molecule has 1 atom stereocenters. The number of ether oxygens (including phenoxy) is 2. The molecule has 1 unspecified atom stereocenters. The highest BCUT2D eigenvalue weighted by atomic mass is 35.5. The van der Waals surface area contributed by atoms with E-state index in [1.165, 1.54) is 19.3 Å². The van der Waals surface area contributed by atoms with Crippen LogP contribution < -0.4 is 14.8 Å². The van der Waals surface area contributed by atoms with E-state index >= 15 is 0 Å². The van der Waals surface area contributed by atoms with Crippen molar-refractivity contribution in [3.63, 3.8) is 0 Å². The van der Waals surface area contributed by atoms with Crippen molar-refractivity contribution < 1.29 is 9.47 Å². The summed E-state index contributed by atoms with van der Waals surface area (Å²) in [6, 6.07) is 4.30. The Morgan fingerprint density at radius 3 is 2.53 bits per heavy atom. The fraction of sp³-hybridized carbons (Fsp3) is 0.600. The largest absolute Gasteiger partial charge is 0.486 e. The SMILES string of the molecule is CC1(C)CCC(Nc2cc3c(cc2Cl)OCCO3)C1. The monoisotopic (exact) mass is 281 g/mol. The van der Waals surface area contributed by atoms with E-state index in [0.29, 0.717) is 29.7 Å². The van der Waals surface area contributed by atoms with Gasteiger partial charge in [-0.1, -0.05) is 25.4 Å². The zero-order chi connectivity index (χ0) is 13.5. The van der Waals surface area contributed by atoms with E-state index in [-0.39, 0.29) is 0 Å². The zero-order valence-corrected chi connectivity index (χ0v) is 12.2. The lowest BCUT2D eigenvalue weighted by Gasteiger charge is -2.22. The quantitative estimate of drug-likeness (QED) is 0.885. The number of rotatable bonds is 2. The predicted octanol–water partition coefficient (Wildman–Crippen LogP) is 4.10. The van der Waals surface area contributed by atoms with Gasteiger partial charge in [0, 0.05) is 18.2 Å². The Balaban J connectivity index is 1.78. The van der Waals surface area contributed by atoms with Crippen LogP contribution >= 0.6 is 11.6 Å². The van der Waals surface area contributed by atoms with Crippen LogP contribution in [-0.4, -0.2) is 19.3 Å². The topological polar surface area (TPSA) is 30.5 Å². The van der Waals surface area contributed by atoms with Gasteiger partial charge in [0.25, 0.3) is 0 Å². The number of hydrogen-bond acceptors (Lipinski definition) is 3. The van der Waals surface area contributed by atoms with Gasteiger partial charge in [-0.15, -0.1) is 0 Å². The molecule has 2 aliphatic rings. The molecule has 19 heavy (non-hydrogen) atoms. The lowest BCUT2D eigenvalue weighted by Crippen LogP contribution is -2.19. The van der Waals surface area contributed by atoms with Gasteiger partial charge >= 0.3 is 0 Å². The number of benzene rings is 1. The molecular weight excluding hydrogens is 262 g/mol. The van der Waals surface area contributed by atoms with Crippen molar-refractivity contribution in [1.29, 1.82) is 0 Å². The summed E-state index contributed by atoms with van der Waals surface area (Å²) in [6.45, 7) is 5.83. The lowest BCUT2D eigenvalue weighted by molar-refractivity contribution is 0.171. The van der Waals surface area contributed by atoms with Crippen LogP contribution in [0.3, 0.4) is 0 Å². The third-order valence-electron chi connectivity index (χ3n) is 3.96. The maximum absolute atomic E-state index is 6.31. The second kappa shape index (κ2) is 4.78. The van der Waals surface area contributed by atoms with Gasteiger partial charge in [-0.05, 0) is 24.7 Å². The van der Waals surface area contributed by atoms with Gasteiger partial charge in [0.1, 0.15) is 13.2 Å². The molecule has 3 nitrogen and oxygen atoms in total. The Hall–Kier alpha value is -1.09. The smallest absolute Gasteiger partial charge is 0.163 e. The van der Waals surface area contributed by atoms with E-state index in [0.717, 1.165) is 17.2 Å². The van der Waals surface area contributed by atoms with Gasteiger partial charge in [0.05, 0.1) is 10.7 Å². The van der Waals surface area contributed by atoms with Crippen molar-refractivity contribution in [2.45, 2.75) is 39.2 Å². The summed E-state index contributed by atoms with van der Waals surface area (Å²) in [4.78, 5) is 0. The molecule has 104 valence electrons. The first-order chi connectivity index (χ1) is 9.03. The minimum absolute atomic E-state index is 0.429. The molecule has 1 N–H and O–H groups in total. The minimum Gasteiger partial charge on any atom is -0.486 e. The normalized spacial score (nSPS) is 24.3. The summed E-state index contributed by atoms with van der Waals surface area (Å²) in [6.07, 6.45) is 3.63. The molecule has 0 aromatic heterocycles. The van der Waals surface area contributed by atoms with Crippen molar-refractivity contribution in [3.8, 4) is 11.5 Å². The molecule has 1 aromatic rings. The molecule has 4 heteroatoms. The van der Waals surface area contributed by atoms with Crippen molar-refractivity contribution in [1.82, 2.24) is 0 Å². The number of hydrogen-bond donors (Lipinski definition) is 1. The average Bonchev–Trinajstić information content (AvgIpc) is 2.70. The van der Waals surface area contributed by atoms with E-state index in [9.17, 15) is 0 Å². The number of anilines is 1. The van der Waals surface area contributed by atoms with Crippen molar-refractivity contribution in [3.05, 3.63) is 17.2 Å². The van der Waals surface area contributed by atoms with E-state index in [2.05, 4.69) is 19.2 Å². The molecule has 0 amide bonds. The van der Waals surface area contributed by atoms with Crippen LogP contribution in [0.25, 0.3) is 0 Å². The standard InChI is InChI=1S/C15H20ClNO2/c1-15(2)4-3-10(9-15)17-12-8-14-13(7-11(12)16)18-5-6-19-14/h7-8,10,17H,3-6,9H2,1-2H3. The second-order valence-corrected chi connectivity index (χ2v) is 6.63. The van der Waals surface area contributed by atoms with Gasteiger partial charge in [-0.3, -0.25) is 0 Å². The number of fused-ring (bicyclic) bond motifs is 1. The molecule has 1 aliphatic heterocycles. The Morgan fingerprint density at radius 1 is 1.21 bits per heavy atom. The highest BCUT2D eigenvalue weighted by Crippen LogP contribution is 2.42. The maximum Gasteiger partial charge on any atom is 0.163 e. The molecule has 1 heterocycles. The van der Waals surface area contributed by atoms with Gasteiger partial charge < -0.3 is 14.8 Å². The highest BCUT2D eigenvalue weighted by molar-refractivity contribution is 6.33. The van der Waals surface area contributed by atoms with Crippen LogP contribution in [0.1, 0.15) is 33.1 Å². The van der Waals surface area contributed by atoms with E-state index in [1.807, 2.05) is 12.1 Å². The van der Waals surface area contributed by atoms with Crippen LogP contribution in [-0.2, 0) is 0 Å². The first kappa shape index (κ1) is 12.9. The van der Waals surface area contributed by atoms with Crippen LogP contribution in [0.4, 0.5) is 5.69 Å². The Bertz CT molecular complexity index is 487. The minimum atomic E-state index is 0.429. The molecular formula is C15H20ClNO2. The number of nitrogens with one attached hydrogen (secondary N) is 1. The predicted molar refractivity (Wildman–Crippen MR) is 77.5 cm³/mol. The van der Waals surface area contributed by atoms with E-state index < -0.39 is 0 Å².